The molecular weight excluding hydrogens is 310 g/mol. The predicted molar refractivity (Wildman–Crippen MR) is 85.7 cm³/mol. The Balaban J connectivity index is 1.67. The zero-order valence-corrected chi connectivity index (χ0v) is 13.0. The molecular formula is C18H15NO5. The average molecular weight is 325 g/mol. The fraction of sp³-hybridized carbons (Fsp3) is 0.167. The molecule has 24 heavy (non-hydrogen) atoms. The van der Waals surface area contributed by atoms with E-state index in [1.165, 1.54) is 7.11 Å². The van der Waals surface area contributed by atoms with Gasteiger partial charge in [-0.2, -0.15) is 0 Å². The van der Waals surface area contributed by atoms with E-state index in [0.717, 1.165) is 4.90 Å². The number of fused-ring (bicyclic) bond motifs is 1. The van der Waals surface area contributed by atoms with Crippen LogP contribution in [0.15, 0.2) is 42.5 Å². The first kappa shape index (κ1) is 15.7. The van der Waals surface area contributed by atoms with Crippen LogP contribution in [0.1, 0.15) is 31.1 Å². The van der Waals surface area contributed by atoms with E-state index < -0.39 is 0 Å². The molecule has 0 unspecified atom stereocenters. The maximum Gasteiger partial charge on any atom is 0.261 e. The van der Waals surface area contributed by atoms with E-state index in [2.05, 4.69) is 0 Å². The van der Waals surface area contributed by atoms with Gasteiger partial charge in [0.25, 0.3) is 11.8 Å². The third-order valence-electron chi connectivity index (χ3n) is 3.79. The molecule has 6 nitrogen and oxygen atoms in total. The second-order valence-corrected chi connectivity index (χ2v) is 5.18. The standard InChI is InChI=1S/C18H15NO5/c1-23-13-6-7-16(12(10-13)11-20)24-9-8-19-17(21)14-4-2-3-5-15(14)18(19)22/h2-7,10-11H,8-9H2,1H3. The summed E-state index contributed by atoms with van der Waals surface area (Å²) in [5.74, 6) is 0.265. The van der Waals surface area contributed by atoms with Crippen LogP contribution in [-0.4, -0.2) is 43.3 Å². The Labute approximate surface area is 138 Å². The zero-order chi connectivity index (χ0) is 17.1. The largest absolute Gasteiger partial charge is 0.497 e. The molecule has 0 bridgehead atoms. The molecule has 2 amide bonds. The first-order valence-electron chi connectivity index (χ1n) is 7.37. The molecule has 1 heterocycles. The minimum Gasteiger partial charge on any atom is -0.497 e. The topological polar surface area (TPSA) is 72.9 Å². The third kappa shape index (κ3) is 2.74. The lowest BCUT2D eigenvalue weighted by Gasteiger charge is -2.15. The van der Waals surface area contributed by atoms with Gasteiger partial charge in [0.1, 0.15) is 18.1 Å². The molecule has 1 aliphatic heterocycles. The Morgan fingerprint density at radius 3 is 2.29 bits per heavy atom. The van der Waals surface area contributed by atoms with Crippen LogP contribution >= 0.6 is 0 Å². The van der Waals surface area contributed by atoms with Gasteiger partial charge in [0.05, 0.1) is 30.3 Å². The summed E-state index contributed by atoms with van der Waals surface area (Å²) in [6, 6.07) is 11.5. The van der Waals surface area contributed by atoms with E-state index in [1.54, 1.807) is 42.5 Å². The van der Waals surface area contributed by atoms with Crippen molar-refractivity contribution in [1.29, 1.82) is 0 Å². The zero-order valence-electron chi connectivity index (χ0n) is 13.0. The van der Waals surface area contributed by atoms with Crippen molar-refractivity contribution in [1.82, 2.24) is 4.90 Å². The van der Waals surface area contributed by atoms with Gasteiger partial charge in [0.2, 0.25) is 0 Å². The van der Waals surface area contributed by atoms with E-state index >= 15 is 0 Å². The molecule has 2 aromatic carbocycles. The Bertz CT molecular complexity index is 780. The lowest BCUT2D eigenvalue weighted by molar-refractivity contribution is 0.0630. The minimum atomic E-state index is -0.329. The highest BCUT2D eigenvalue weighted by Crippen LogP contribution is 2.24. The summed E-state index contributed by atoms with van der Waals surface area (Å²) < 4.78 is 10.6. The van der Waals surface area contributed by atoms with Crippen molar-refractivity contribution in [2.45, 2.75) is 0 Å². The Morgan fingerprint density at radius 1 is 1.04 bits per heavy atom. The van der Waals surface area contributed by atoms with E-state index in [9.17, 15) is 14.4 Å². The highest BCUT2D eigenvalue weighted by atomic mass is 16.5. The van der Waals surface area contributed by atoms with Crippen LogP contribution in [0, 0.1) is 0 Å². The van der Waals surface area contributed by atoms with Crippen LogP contribution in [0.4, 0.5) is 0 Å². The van der Waals surface area contributed by atoms with Gasteiger partial charge in [0, 0.05) is 0 Å². The molecule has 0 aliphatic carbocycles. The molecule has 3 rings (SSSR count). The second-order valence-electron chi connectivity index (χ2n) is 5.18. The van der Waals surface area contributed by atoms with Crippen molar-refractivity contribution in [2.24, 2.45) is 0 Å². The summed E-state index contributed by atoms with van der Waals surface area (Å²) >= 11 is 0. The van der Waals surface area contributed by atoms with Crippen LogP contribution in [0.25, 0.3) is 0 Å². The fourth-order valence-corrected chi connectivity index (χ4v) is 2.57. The van der Waals surface area contributed by atoms with Gasteiger partial charge >= 0.3 is 0 Å². The lowest BCUT2D eigenvalue weighted by atomic mass is 10.1. The number of aldehydes is 1. The molecule has 122 valence electrons. The Kier molecular flexibility index (Phi) is 4.29. The maximum absolute atomic E-state index is 12.2. The Hall–Kier alpha value is -3.15. The SMILES string of the molecule is COc1ccc(OCCN2C(=O)c3ccccc3C2=O)c(C=O)c1. The number of benzene rings is 2. The molecule has 6 heteroatoms. The highest BCUT2D eigenvalue weighted by molar-refractivity contribution is 6.21. The summed E-state index contributed by atoms with van der Waals surface area (Å²) in [4.78, 5) is 36.7. The van der Waals surface area contributed by atoms with Gasteiger partial charge in [0.15, 0.2) is 6.29 Å². The minimum absolute atomic E-state index is 0.0959. The molecule has 0 aromatic heterocycles. The monoisotopic (exact) mass is 325 g/mol. The van der Waals surface area contributed by atoms with Crippen molar-refractivity contribution < 1.29 is 23.9 Å². The molecule has 0 radical (unpaired) electrons. The van der Waals surface area contributed by atoms with Gasteiger partial charge in [-0.1, -0.05) is 12.1 Å². The number of hydrogen-bond donors (Lipinski definition) is 0. The number of methoxy groups -OCH3 is 1. The number of hydrogen-bond acceptors (Lipinski definition) is 5. The van der Waals surface area contributed by atoms with Crippen molar-refractivity contribution in [2.75, 3.05) is 20.3 Å². The molecule has 0 fully saturated rings. The fourth-order valence-electron chi connectivity index (χ4n) is 2.57. The second kappa shape index (κ2) is 6.54. The molecule has 0 saturated heterocycles. The van der Waals surface area contributed by atoms with Gasteiger partial charge in [-0.15, -0.1) is 0 Å². The van der Waals surface area contributed by atoms with Crippen molar-refractivity contribution in [3.63, 3.8) is 0 Å². The van der Waals surface area contributed by atoms with Gasteiger partial charge < -0.3 is 9.47 Å². The van der Waals surface area contributed by atoms with Crippen molar-refractivity contribution in [3.05, 3.63) is 59.2 Å². The van der Waals surface area contributed by atoms with Crippen LogP contribution in [0.2, 0.25) is 0 Å². The molecule has 1 aliphatic rings. The number of nitrogens with zero attached hydrogens (tertiary/aromatic N) is 1. The number of carbonyl (C=O) groups excluding carboxylic acids is 3. The van der Waals surface area contributed by atoms with Gasteiger partial charge in [-0.05, 0) is 30.3 Å². The first-order valence-corrected chi connectivity index (χ1v) is 7.37. The number of carbonyl (C=O) groups is 3. The molecule has 0 N–H and O–H groups in total. The van der Waals surface area contributed by atoms with E-state index in [4.69, 9.17) is 9.47 Å². The number of amides is 2. The summed E-state index contributed by atoms with van der Waals surface area (Å²) in [7, 11) is 1.51. The normalized spacial score (nSPS) is 13.0. The number of rotatable bonds is 6. The van der Waals surface area contributed by atoms with Crippen LogP contribution in [-0.2, 0) is 0 Å². The molecule has 0 saturated carbocycles. The third-order valence-corrected chi connectivity index (χ3v) is 3.79. The predicted octanol–water partition coefficient (Wildman–Crippen LogP) is 2.18. The number of ether oxygens (including phenoxy) is 2. The van der Waals surface area contributed by atoms with Crippen LogP contribution in [0.5, 0.6) is 11.5 Å². The van der Waals surface area contributed by atoms with Crippen LogP contribution < -0.4 is 9.47 Å². The van der Waals surface area contributed by atoms with E-state index in [-0.39, 0.29) is 25.0 Å². The summed E-state index contributed by atoms with van der Waals surface area (Å²) in [6.07, 6.45) is 0.667. The molecule has 0 spiro atoms. The van der Waals surface area contributed by atoms with E-state index in [0.29, 0.717) is 34.5 Å². The van der Waals surface area contributed by atoms with Crippen LogP contribution in [0.3, 0.4) is 0 Å². The summed E-state index contributed by atoms with van der Waals surface area (Å²) in [5, 5.41) is 0. The molecule has 2 aromatic rings. The quantitative estimate of drug-likeness (QED) is 0.601. The van der Waals surface area contributed by atoms with Crippen molar-refractivity contribution >= 4 is 18.1 Å². The first-order chi connectivity index (χ1) is 11.7. The summed E-state index contributed by atoms with van der Waals surface area (Å²) in [5.41, 5.74) is 1.15. The maximum atomic E-state index is 12.2. The highest BCUT2D eigenvalue weighted by Gasteiger charge is 2.34. The smallest absolute Gasteiger partial charge is 0.261 e. The number of imide groups is 1. The van der Waals surface area contributed by atoms with E-state index in [1.807, 2.05) is 0 Å². The Morgan fingerprint density at radius 2 is 1.71 bits per heavy atom. The molecule has 0 atom stereocenters. The van der Waals surface area contributed by atoms with Crippen molar-refractivity contribution in [3.8, 4) is 11.5 Å². The summed E-state index contributed by atoms with van der Waals surface area (Å²) in [6.45, 7) is 0.204. The van der Waals surface area contributed by atoms with Gasteiger partial charge in [-0.25, -0.2) is 0 Å². The van der Waals surface area contributed by atoms with Gasteiger partial charge in [-0.3, -0.25) is 19.3 Å². The average Bonchev–Trinajstić information content (AvgIpc) is 2.87. The lowest BCUT2D eigenvalue weighted by Crippen LogP contribution is -2.33.